The van der Waals surface area contributed by atoms with Crippen LogP contribution in [0.15, 0.2) is 109 Å². The van der Waals surface area contributed by atoms with Gasteiger partial charge in [0.2, 0.25) is 0 Å². The number of rotatable bonds is 7. The molecule has 0 amide bonds. The van der Waals surface area contributed by atoms with E-state index in [1.807, 2.05) is 0 Å². The fraction of sp³-hybridized carbons (Fsp3) is 0.318. The van der Waals surface area contributed by atoms with E-state index in [1.54, 1.807) is 23.3 Å². The van der Waals surface area contributed by atoms with Crippen molar-refractivity contribution < 1.29 is 48.1 Å². The molecule has 0 fully saturated rings. The van der Waals surface area contributed by atoms with Gasteiger partial charge in [0.1, 0.15) is 0 Å². The Morgan fingerprint density at radius 1 is 0.604 bits per heavy atom. The fourth-order valence-electron chi connectivity index (χ4n) is 5.94. The zero-order chi connectivity index (χ0) is 33.4. The minimum absolute atomic E-state index is 0. The molecule has 6 aromatic carbocycles. The van der Waals surface area contributed by atoms with Gasteiger partial charge in [0.25, 0.3) is 0 Å². The smallest absolute Gasteiger partial charge is 1.00 e. The van der Waals surface area contributed by atoms with E-state index >= 15 is 0 Å². The van der Waals surface area contributed by atoms with E-state index in [1.165, 1.54) is 78.9 Å². The molecule has 252 valence electrons. The topological polar surface area (TPSA) is 0 Å². The van der Waals surface area contributed by atoms with Crippen LogP contribution in [0.25, 0.3) is 43.8 Å². The number of aryl methyl sites for hydroxylation is 1. The van der Waals surface area contributed by atoms with E-state index < -0.39 is 0 Å². The molecule has 6 aromatic rings. The summed E-state index contributed by atoms with van der Waals surface area (Å²) in [6, 6.07) is 40.6. The van der Waals surface area contributed by atoms with Gasteiger partial charge >= 0.3 is 41.9 Å². The van der Waals surface area contributed by atoms with Crippen molar-refractivity contribution in [2.45, 2.75) is 92.2 Å². The van der Waals surface area contributed by atoms with Gasteiger partial charge in [-0.15, -0.1) is 69.1 Å². The van der Waals surface area contributed by atoms with E-state index in [0.717, 1.165) is 0 Å². The van der Waals surface area contributed by atoms with Gasteiger partial charge in [0.15, 0.2) is 0 Å². The molecule has 4 heteroatoms. The SMILES string of the molecule is CCC(C)c1cc2c(-c3ccc(C(C)C)cc3)cccc2[cH-]1.CCC(C)c1ccc(-c2cccc3[cH-]c(C)cc23)cc1.C[Si](C)=[Zr+2].[Cl-].[Cl-]. The van der Waals surface area contributed by atoms with Gasteiger partial charge < -0.3 is 24.8 Å². The maximum Gasteiger partial charge on any atom is -1.00 e. The zero-order valence-corrected chi connectivity index (χ0v) is 35.3. The Morgan fingerprint density at radius 3 is 1.50 bits per heavy atom. The molecule has 0 aliphatic rings. The largest absolute Gasteiger partial charge is 1.00 e. The molecular weight excluding hydrogens is 719 g/mol. The first-order valence-electron chi connectivity index (χ1n) is 17.1. The van der Waals surface area contributed by atoms with E-state index in [0.29, 0.717) is 17.8 Å². The second-order valence-corrected chi connectivity index (χ2v) is 22.8. The van der Waals surface area contributed by atoms with Crippen LogP contribution in [0.4, 0.5) is 0 Å². The summed E-state index contributed by atoms with van der Waals surface area (Å²) >= 11 is 1.74. The predicted molar refractivity (Wildman–Crippen MR) is 204 cm³/mol. The summed E-state index contributed by atoms with van der Waals surface area (Å²) in [5.74, 6) is 1.85. The van der Waals surface area contributed by atoms with Crippen LogP contribution in [-0.4, -0.2) is 5.43 Å². The van der Waals surface area contributed by atoms with Crippen molar-refractivity contribution in [1.29, 1.82) is 0 Å². The molecule has 2 unspecified atom stereocenters. The average Bonchev–Trinajstić information content (AvgIpc) is 3.67. The third-order valence-corrected chi connectivity index (χ3v) is 9.14. The molecule has 0 N–H and O–H groups in total. The van der Waals surface area contributed by atoms with Crippen molar-refractivity contribution in [3.63, 3.8) is 0 Å². The summed E-state index contributed by atoms with van der Waals surface area (Å²) in [6.07, 6.45) is 2.38. The molecule has 0 spiro atoms. The minimum atomic E-state index is 0. The molecule has 0 radical (unpaired) electrons. The molecule has 0 heterocycles. The Morgan fingerprint density at radius 2 is 1.04 bits per heavy atom. The fourth-order valence-corrected chi connectivity index (χ4v) is 5.94. The van der Waals surface area contributed by atoms with Gasteiger partial charge in [0, 0.05) is 0 Å². The number of fused-ring (bicyclic) bond motifs is 2. The maximum absolute atomic E-state index is 2.38. The Bertz CT molecular complexity index is 1850. The first-order valence-corrected chi connectivity index (χ1v) is 23.3. The Labute approximate surface area is 318 Å². The van der Waals surface area contributed by atoms with Crippen LogP contribution in [0.2, 0.25) is 13.1 Å². The summed E-state index contributed by atoms with van der Waals surface area (Å²) in [7, 11) is 0. The number of hydrogen-bond donors (Lipinski definition) is 0. The van der Waals surface area contributed by atoms with Gasteiger partial charge in [-0.3, -0.25) is 0 Å². The molecule has 48 heavy (non-hydrogen) atoms. The van der Waals surface area contributed by atoms with Gasteiger partial charge in [-0.25, -0.2) is 0 Å². The first-order chi connectivity index (χ1) is 22.0. The van der Waals surface area contributed by atoms with Crippen molar-refractivity contribution in [2.75, 3.05) is 0 Å². The molecule has 0 bridgehead atoms. The molecule has 0 nitrogen and oxygen atoms in total. The van der Waals surface area contributed by atoms with Crippen LogP contribution in [0.3, 0.4) is 0 Å². The summed E-state index contributed by atoms with van der Waals surface area (Å²) in [6.45, 7) is 20.4. The molecule has 2 atom stereocenters. The van der Waals surface area contributed by atoms with Gasteiger partial charge in [-0.05, 0) is 46.4 Å². The molecule has 0 aliphatic heterocycles. The molecular formula is C44H52Cl2SiZr-2. The van der Waals surface area contributed by atoms with Crippen LogP contribution >= 0.6 is 0 Å². The summed E-state index contributed by atoms with van der Waals surface area (Å²) in [4.78, 5) is 0. The van der Waals surface area contributed by atoms with Gasteiger partial charge in [0.05, 0.1) is 0 Å². The zero-order valence-electron chi connectivity index (χ0n) is 30.3. The van der Waals surface area contributed by atoms with Crippen molar-refractivity contribution in [1.82, 2.24) is 0 Å². The van der Waals surface area contributed by atoms with E-state index in [2.05, 4.69) is 171 Å². The third kappa shape index (κ3) is 10.9. The van der Waals surface area contributed by atoms with E-state index in [-0.39, 0.29) is 30.2 Å². The van der Waals surface area contributed by atoms with Crippen LogP contribution in [0.5, 0.6) is 0 Å². The van der Waals surface area contributed by atoms with E-state index in [4.69, 9.17) is 0 Å². The molecule has 0 aliphatic carbocycles. The Hall–Kier alpha value is -2.22. The van der Waals surface area contributed by atoms with Crippen LogP contribution in [0.1, 0.15) is 94.4 Å². The van der Waals surface area contributed by atoms with Crippen molar-refractivity contribution >= 4 is 27.0 Å². The monoisotopic (exact) mass is 768 g/mol. The molecule has 0 saturated carbocycles. The summed E-state index contributed by atoms with van der Waals surface area (Å²) in [5, 5.41) is 5.45. The third-order valence-electron chi connectivity index (χ3n) is 9.14. The molecule has 0 aromatic heterocycles. The van der Waals surface area contributed by atoms with Gasteiger partial charge in [-0.1, -0.05) is 127 Å². The average molecular weight is 771 g/mol. The van der Waals surface area contributed by atoms with Gasteiger partial charge in [-0.2, -0.15) is 12.1 Å². The van der Waals surface area contributed by atoms with Crippen LogP contribution in [-0.2, 0) is 23.3 Å². The number of hydrogen-bond acceptors (Lipinski definition) is 0. The van der Waals surface area contributed by atoms with Crippen molar-refractivity contribution in [3.05, 3.63) is 131 Å². The Kier molecular flexibility index (Phi) is 17.3. The van der Waals surface area contributed by atoms with Crippen LogP contribution < -0.4 is 24.8 Å². The number of benzene rings is 4. The second-order valence-electron chi connectivity index (χ2n) is 13.5. The van der Waals surface area contributed by atoms with E-state index in [9.17, 15) is 0 Å². The predicted octanol–water partition coefficient (Wildman–Crippen LogP) is 7.70. The maximum atomic E-state index is 2.38. The summed E-state index contributed by atoms with van der Waals surface area (Å²) in [5.41, 5.74) is 11.2. The minimum Gasteiger partial charge on any atom is -1.00 e. The summed E-state index contributed by atoms with van der Waals surface area (Å²) < 4.78 is 0. The van der Waals surface area contributed by atoms with Crippen molar-refractivity contribution in [2.24, 2.45) is 0 Å². The molecule has 6 rings (SSSR count). The first kappa shape index (κ1) is 41.9. The Balaban J connectivity index is 0.000000290. The second kappa shape index (κ2) is 19.8. The standard InChI is InChI=1S/C22H25.C20H21.C2H6Si.2ClH.Zr/c1-5-16(4)20-13-19-7-6-8-21(22(19)14-20)18-11-9-17(10-12-18)15(2)3;1-4-15(3)16-8-10-17(11-9-16)19-7-5-6-18-12-14(2)13-20(18)19;1-3-2;;;/h6-16H,5H2,1-4H3;5-13,15H,4H2,1-3H3;1-2H3;2*1H;/q2*-1;;;;+2/p-2. The van der Waals surface area contributed by atoms with Crippen molar-refractivity contribution in [3.8, 4) is 22.3 Å². The van der Waals surface area contributed by atoms with Crippen LogP contribution in [0, 0.1) is 6.92 Å². The quantitative estimate of drug-likeness (QED) is 0.115. The number of halogens is 2. The molecule has 0 saturated heterocycles. The normalized spacial score (nSPS) is 11.8.